The van der Waals surface area contributed by atoms with Gasteiger partial charge in [0.1, 0.15) is 5.76 Å². The normalized spacial score (nSPS) is 17.3. The molecule has 0 spiro atoms. The maximum Gasteiger partial charge on any atom is 0.317 e. The van der Waals surface area contributed by atoms with Gasteiger partial charge in [0.25, 0.3) is 0 Å². The van der Waals surface area contributed by atoms with E-state index in [0.717, 1.165) is 11.3 Å². The van der Waals surface area contributed by atoms with Crippen LogP contribution in [0, 0.1) is 13.8 Å². The molecule has 2 amide bonds. The van der Waals surface area contributed by atoms with Gasteiger partial charge >= 0.3 is 6.03 Å². The Hall–Kier alpha value is -1.61. The highest BCUT2D eigenvalue weighted by atomic mass is 32.2. The lowest BCUT2D eigenvalue weighted by Gasteiger charge is -2.21. The second-order valence-electron chi connectivity index (χ2n) is 5.46. The SMILES string of the molecule is Cc1noc(C)c1CNC(=O)N1CCCN(S(C)(=O)=O)CC1. The molecule has 0 unspecified atom stereocenters. The number of amides is 2. The Bertz CT molecular complexity index is 621. The fourth-order valence-corrected chi connectivity index (χ4v) is 3.33. The minimum atomic E-state index is -3.20. The molecular weight excluding hydrogens is 308 g/mol. The number of urea groups is 1. The van der Waals surface area contributed by atoms with Gasteiger partial charge in [0.2, 0.25) is 10.0 Å². The summed E-state index contributed by atoms with van der Waals surface area (Å²) in [6.45, 7) is 5.70. The monoisotopic (exact) mass is 330 g/mol. The number of carbonyl (C=O) groups excluding carboxylic acids is 1. The average Bonchev–Trinajstić information content (AvgIpc) is 2.67. The van der Waals surface area contributed by atoms with E-state index in [9.17, 15) is 13.2 Å². The third kappa shape index (κ3) is 3.98. The summed E-state index contributed by atoms with van der Waals surface area (Å²) in [5.74, 6) is 0.692. The number of nitrogens with one attached hydrogen (secondary N) is 1. The first-order chi connectivity index (χ1) is 10.3. The Morgan fingerprint density at radius 3 is 2.59 bits per heavy atom. The van der Waals surface area contributed by atoms with E-state index in [1.807, 2.05) is 6.92 Å². The van der Waals surface area contributed by atoms with Crippen LogP contribution in [-0.4, -0.2) is 61.2 Å². The maximum atomic E-state index is 12.2. The Kier molecular flexibility index (Phi) is 5.07. The van der Waals surface area contributed by atoms with E-state index in [2.05, 4.69) is 10.5 Å². The molecule has 0 atom stereocenters. The molecule has 0 aromatic carbocycles. The third-order valence-electron chi connectivity index (χ3n) is 3.81. The standard InChI is InChI=1S/C13H22N4O4S/c1-10-12(11(2)21-15-10)9-14-13(18)16-5-4-6-17(8-7-16)22(3,19)20/h4-9H2,1-3H3,(H,14,18). The smallest absolute Gasteiger partial charge is 0.317 e. The van der Waals surface area contributed by atoms with Crippen LogP contribution in [0.5, 0.6) is 0 Å². The van der Waals surface area contributed by atoms with Crippen molar-refractivity contribution in [1.29, 1.82) is 0 Å². The Labute approximate surface area is 130 Å². The molecule has 124 valence electrons. The molecule has 8 nitrogen and oxygen atoms in total. The maximum absolute atomic E-state index is 12.2. The lowest BCUT2D eigenvalue weighted by molar-refractivity contribution is 0.200. The third-order valence-corrected chi connectivity index (χ3v) is 5.11. The average molecular weight is 330 g/mol. The zero-order valence-electron chi connectivity index (χ0n) is 13.1. The molecule has 1 aromatic heterocycles. The number of nitrogens with zero attached hydrogens (tertiary/aromatic N) is 3. The fourth-order valence-electron chi connectivity index (χ4n) is 2.46. The van der Waals surface area contributed by atoms with Crippen LogP contribution in [0.1, 0.15) is 23.4 Å². The number of rotatable bonds is 3. The van der Waals surface area contributed by atoms with Crippen molar-refractivity contribution in [3.8, 4) is 0 Å². The summed E-state index contributed by atoms with van der Waals surface area (Å²) in [6, 6.07) is -0.199. The number of aromatic nitrogens is 1. The van der Waals surface area contributed by atoms with Crippen LogP contribution in [0.4, 0.5) is 4.79 Å². The largest absolute Gasteiger partial charge is 0.361 e. The summed E-state index contributed by atoms with van der Waals surface area (Å²) in [6.07, 6.45) is 1.83. The quantitative estimate of drug-likeness (QED) is 0.869. The fraction of sp³-hybridized carbons (Fsp3) is 0.692. The molecule has 2 rings (SSSR count). The van der Waals surface area contributed by atoms with E-state index in [4.69, 9.17) is 4.52 Å². The molecule has 1 aromatic rings. The van der Waals surface area contributed by atoms with Gasteiger partial charge in [-0.05, 0) is 20.3 Å². The molecule has 0 bridgehead atoms. The lowest BCUT2D eigenvalue weighted by atomic mass is 10.2. The molecule has 1 aliphatic heterocycles. The van der Waals surface area contributed by atoms with Crippen molar-refractivity contribution >= 4 is 16.1 Å². The summed E-state index contributed by atoms with van der Waals surface area (Å²) in [7, 11) is -3.20. The molecular formula is C13H22N4O4S. The topological polar surface area (TPSA) is 95.8 Å². The summed E-state index contributed by atoms with van der Waals surface area (Å²) < 4.78 is 29.6. The first kappa shape index (κ1) is 16.8. The molecule has 1 N–H and O–H groups in total. The van der Waals surface area contributed by atoms with Crippen molar-refractivity contribution in [2.24, 2.45) is 0 Å². The van der Waals surface area contributed by atoms with Gasteiger partial charge in [0.15, 0.2) is 0 Å². The summed E-state index contributed by atoms with van der Waals surface area (Å²) in [4.78, 5) is 13.9. The minimum Gasteiger partial charge on any atom is -0.361 e. The van der Waals surface area contributed by atoms with Crippen LogP contribution in [0.15, 0.2) is 4.52 Å². The highest BCUT2D eigenvalue weighted by molar-refractivity contribution is 7.88. The second kappa shape index (κ2) is 6.66. The van der Waals surface area contributed by atoms with E-state index >= 15 is 0 Å². The molecule has 9 heteroatoms. The minimum absolute atomic E-state index is 0.199. The Morgan fingerprint density at radius 1 is 1.27 bits per heavy atom. The Balaban J connectivity index is 1.91. The molecule has 0 radical (unpaired) electrons. The van der Waals surface area contributed by atoms with E-state index in [1.165, 1.54) is 10.6 Å². The van der Waals surface area contributed by atoms with Gasteiger partial charge in [-0.15, -0.1) is 0 Å². The van der Waals surface area contributed by atoms with Gasteiger partial charge in [-0.3, -0.25) is 0 Å². The molecule has 22 heavy (non-hydrogen) atoms. The predicted molar refractivity (Wildman–Crippen MR) is 80.8 cm³/mol. The van der Waals surface area contributed by atoms with Crippen LogP contribution in [0.25, 0.3) is 0 Å². The van der Waals surface area contributed by atoms with Crippen molar-refractivity contribution in [2.45, 2.75) is 26.8 Å². The van der Waals surface area contributed by atoms with Gasteiger partial charge < -0.3 is 14.7 Å². The van der Waals surface area contributed by atoms with Crippen molar-refractivity contribution in [3.05, 3.63) is 17.0 Å². The highest BCUT2D eigenvalue weighted by Crippen LogP contribution is 2.12. The molecule has 1 aliphatic rings. The summed E-state index contributed by atoms with van der Waals surface area (Å²) >= 11 is 0. The number of hydrogen-bond acceptors (Lipinski definition) is 5. The summed E-state index contributed by atoms with van der Waals surface area (Å²) in [5, 5.41) is 6.68. The van der Waals surface area contributed by atoms with Gasteiger partial charge in [-0.2, -0.15) is 0 Å². The lowest BCUT2D eigenvalue weighted by Crippen LogP contribution is -2.42. The zero-order valence-corrected chi connectivity index (χ0v) is 13.9. The van der Waals surface area contributed by atoms with Gasteiger partial charge in [0, 0.05) is 38.3 Å². The van der Waals surface area contributed by atoms with Crippen LogP contribution >= 0.6 is 0 Å². The number of sulfonamides is 1. The van der Waals surface area contributed by atoms with E-state index < -0.39 is 10.0 Å². The highest BCUT2D eigenvalue weighted by Gasteiger charge is 2.24. The van der Waals surface area contributed by atoms with E-state index in [0.29, 0.717) is 44.9 Å². The van der Waals surface area contributed by atoms with E-state index in [1.54, 1.807) is 11.8 Å². The predicted octanol–water partition coefficient (Wildman–Crippen LogP) is 0.468. The number of carbonyl (C=O) groups is 1. The molecule has 0 aliphatic carbocycles. The van der Waals surface area contributed by atoms with Crippen molar-refractivity contribution in [1.82, 2.24) is 19.7 Å². The molecule has 1 fully saturated rings. The van der Waals surface area contributed by atoms with Gasteiger partial charge in [-0.25, -0.2) is 17.5 Å². The first-order valence-corrected chi connectivity index (χ1v) is 9.03. The van der Waals surface area contributed by atoms with Gasteiger partial charge in [-0.1, -0.05) is 5.16 Å². The van der Waals surface area contributed by atoms with Gasteiger partial charge in [0.05, 0.1) is 11.9 Å². The van der Waals surface area contributed by atoms with Crippen LogP contribution in [0.2, 0.25) is 0 Å². The molecule has 0 saturated carbocycles. The number of aryl methyl sites for hydroxylation is 2. The first-order valence-electron chi connectivity index (χ1n) is 7.18. The zero-order chi connectivity index (χ0) is 16.3. The Morgan fingerprint density at radius 2 is 2.00 bits per heavy atom. The molecule has 1 saturated heterocycles. The van der Waals surface area contributed by atoms with Crippen molar-refractivity contribution in [2.75, 3.05) is 32.4 Å². The number of hydrogen-bond donors (Lipinski definition) is 1. The molecule has 2 heterocycles. The van der Waals surface area contributed by atoms with Crippen LogP contribution in [-0.2, 0) is 16.6 Å². The second-order valence-corrected chi connectivity index (χ2v) is 7.45. The van der Waals surface area contributed by atoms with Crippen LogP contribution < -0.4 is 5.32 Å². The van der Waals surface area contributed by atoms with Crippen molar-refractivity contribution in [3.63, 3.8) is 0 Å². The van der Waals surface area contributed by atoms with Crippen LogP contribution in [0.3, 0.4) is 0 Å². The van der Waals surface area contributed by atoms with Crippen molar-refractivity contribution < 1.29 is 17.7 Å². The van der Waals surface area contributed by atoms with E-state index in [-0.39, 0.29) is 6.03 Å². The summed E-state index contributed by atoms with van der Waals surface area (Å²) in [5.41, 5.74) is 1.64.